The van der Waals surface area contributed by atoms with Gasteiger partial charge in [-0.1, -0.05) is 24.6 Å². The lowest BCUT2D eigenvalue weighted by molar-refractivity contribution is 0.642. The zero-order chi connectivity index (χ0) is 13.8. The van der Waals surface area contributed by atoms with Crippen LogP contribution in [0.3, 0.4) is 0 Å². The molecular formula is C16H25ClN2. The zero-order valence-corrected chi connectivity index (χ0v) is 12.8. The number of benzene rings is 1. The lowest BCUT2D eigenvalue weighted by atomic mass is 10.0. The Morgan fingerprint density at radius 2 is 2.11 bits per heavy atom. The van der Waals surface area contributed by atoms with Crippen molar-refractivity contribution in [3.63, 3.8) is 0 Å². The second kappa shape index (κ2) is 6.62. The number of hydrogen-bond donors (Lipinski definition) is 1. The number of halogens is 1. The largest absolute Gasteiger partial charge is 0.371 e. The van der Waals surface area contributed by atoms with Crippen molar-refractivity contribution < 1.29 is 0 Å². The van der Waals surface area contributed by atoms with Gasteiger partial charge in [0.2, 0.25) is 0 Å². The smallest absolute Gasteiger partial charge is 0.0426 e. The number of hydrogen-bond acceptors (Lipinski definition) is 2. The van der Waals surface area contributed by atoms with Gasteiger partial charge >= 0.3 is 0 Å². The summed E-state index contributed by atoms with van der Waals surface area (Å²) >= 11 is 6.18. The molecule has 0 aliphatic heterocycles. The molecule has 0 aromatic heterocycles. The summed E-state index contributed by atoms with van der Waals surface area (Å²) in [5.74, 6) is 0.881. The fourth-order valence-corrected chi connectivity index (χ4v) is 2.61. The van der Waals surface area contributed by atoms with Gasteiger partial charge in [-0.3, -0.25) is 0 Å². The Morgan fingerprint density at radius 3 is 2.68 bits per heavy atom. The lowest BCUT2D eigenvalue weighted by Gasteiger charge is -2.27. The SMILES string of the molecule is CCC(N)Cc1ccc(Cl)cc1N(CC)CC1CC1. The van der Waals surface area contributed by atoms with E-state index >= 15 is 0 Å². The minimum absolute atomic E-state index is 0.236. The molecule has 0 radical (unpaired) electrons. The van der Waals surface area contributed by atoms with E-state index in [2.05, 4.69) is 30.9 Å². The first-order chi connectivity index (χ1) is 9.13. The van der Waals surface area contributed by atoms with Crippen LogP contribution in [0.5, 0.6) is 0 Å². The lowest BCUT2D eigenvalue weighted by Crippen LogP contribution is -2.28. The third-order valence-electron chi connectivity index (χ3n) is 3.95. The minimum Gasteiger partial charge on any atom is -0.371 e. The predicted octanol–water partition coefficient (Wildman–Crippen LogP) is 3.86. The van der Waals surface area contributed by atoms with E-state index < -0.39 is 0 Å². The van der Waals surface area contributed by atoms with Gasteiger partial charge in [-0.05, 0) is 56.2 Å². The van der Waals surface area contributed by atoms with Gasteiger partial charge in [0.25, 0.3) is 0 Å². The van der Waals surface area contributed by atoms with Crippen LogP contribution in [0.15, 0.2) is 18.2 Å². The molecule has 1 aliphatic carbocycles. The molecule has 0 spiro atoms. The van der Waals surface area contributed by atoms with Crippen molar-refractivity contribution in [3.05, 3.63) is 28.8 Å². The van der Waals surface area contributed by atoms with E-state index in [4.69, 9.17) is 17.3 Å². The number of nitrogens with zero attached hydrogens (tertiary/aromatic N) is 1. The van der Waals surface area contributed by atoms with E-state index in [0.717, 1.165) is 36.9 Å². The summed E-state index contributed by atoms with van der Waals surface area (Å²) in [5, 5.41) is 0.818. The molecule has 1 aromatic rings. The molecule has 1 atom stereocenters. The fraction of sp³-hybridized carbons (Fsp3) is 0.625. The highest BCUT2D eigenvalue weighted by atomic mass is 35.5. The van der Waals surface area contributed by atoms with E-state index in [1.54, 1.807) is 0 Å². The van der Waals surface area contributed by atoms with E-state index in [1.165, 1.54) is 24.1 Å². The van der Waals surface area contributed by atoms with E-state index in [9.17, 15) is 0 Å². The maximum Gasteiger partial charge on any atom is 0.0426 e. The summed E-state index contributed by atoms with van der Waals surface area (Å²) in [5.41, 5.74) is 8.73. The van der Waals surface area contributed by atoms with Crippen LogP contribution in [-0.2, 0) is 6.42 Å². The van der Waals surface area contributed by atoms with Crippen molar-refractivity contribution in [1.29, 1.82) is 0 Å². The zero-order valence-electron chi connectivity index (χ0n) is 12.0. The van der Waals surface area contributed by atoms with Crippen molar-refractivity contribution in [2.75, 3.05) is 18.0 Å². The van der Waals surface area contributed by atoms with Crippen LogP contribution >= 0.6 is 11.6 Å². The van der Waals surface area contributed by atoms with Crippen molar-refractivity contribution >= 4 is 17.3 Å². The highest BCUT2D eigenvalue weighted by Gasteiger charge is 2.25. The first-order valence-corrected chi connectivity index (χ1v) is 7.80. The number of anilines is 1. The summed E-state index contributed by atoms with van der Waals surface area (Å²) < 4.78 is 0. The second-order valence-electron chi connectivity index (χ2n) is 5.63. The van der Waals surface area contributed by atoms with Gasteiger partial charge in [-0.2, -0.15) is 0 Å². The van der Waals surface area contributed by atoms with Gasteiger partial charge in [-0.15, -0.1) is 0 Å². The normalized spacial score (nSPS) is 16.4. The highest BCUT2D eigenvalue weighted by molar-refractivity contribution is 6.30. The molecule has 0 saturated heterocycles. The quantitative estimate of drug-likeness (QED) is 0.822. The van der Waals surface area contributed by atoms with Gasteiger partial charge in [-0.25, -0.2) is 0 Å². The summed E-state index contributed by atoms with van der Waals surface area (Å²) in [4.78, 5) is 2.46. The molecule has 0 amide bonds. The van der Waals surface area contributed by atoms with Crippen LogP contribution in [0.1, 0.15) is 38.7 Å². The Bertz CT molecular complexity index is 415. The third-order valence-corrected chi connectivity index (χ3v) is 4.19. The van der Waals surface area contributed by atoms with Gasteiger partial charge < -0.3 is 10.6 Å². The monoisotopic (exact) mass is 280 g/mol. The van der Waals surface area contributed by atoms with Crippen molar-refractivity contribution in [3.8, 4) is 0 Å². The summed E-state index contributed by atoms with van der Waals surface area (Å²) in [6.45, 7) is 6.55. The van der Waals surface area contributed by atoms with Gasteiger partial charge in [0.05, 0.1) is 0 Å². The molecule has 106 valence electrons. The molecule has 2 rings (SSSR count). The fourth-order valence-electron chi connectivity index (χ4n) is 2.44. The van der Waals surface area contributed by atoms with Crippen LogP contribution in [0.2, 0.25) is 5.02 Å². The number of nitrogens with two attached hydrogens (primary N) is 1. The standard InChI is InChI=1S/C16H25ClN2/c1-3-15(18)9-13-7-8-14(17)10-16(13)19(4-2)11-12-5-6-12/h7-8,10,12,15H,3-6,9,11,18H2,1-2H3. The first-order valence-electron chi connectivity index (χ1n) is 7.43. The first kappa shape index (κ1) is 14.7. The van der Waals surface area contributed by atoms with E-state index in [1.807, 2.05) is 6.07 Å². The predicted molar refractivity (Wildman–Crippen MR) is 84.0 cm³/mol. The molecule has 1 aliphatic rings. The van der Waals surface area contributed by atoms with Crippen molar-refractivity contribution in [2.45, 2.75) is 45.6 Å². The molecule has 1 unspecified atom stereocenters. The Morgan fingerprint density at radius 1 is 1.37 bits per heavy atom. The van der Waals surface area contributed by atoms with Crippen molar-refractivity contribution in [1.82, 2.24) is 0 Å². The van der Waals surface area contributed by atoms with Crippen LogP contribution in [0, 0.1) is 5.92 Å². The molecule has 2 nitrogen and oxygen atoms in total. The van der Waals surface area contributed by atoms with E-state index in [-0.39, 0.29) is 6.04 Å². The molecule has 3 heteroatoms. The average molecular weight is 281 g/mol. The Hall–Kier alpha value is -0.730. The molecule has 2 N–H and O–H groups in total. The highest BCUT2D eigenvalue weighted by Crippen LogP contribution is 2.33. The molecular weight excluding hydrogens is 256 g/mol. The number of rotatable bonds is 7. The molecule has 0 heterocycles. The third kappa shape index (κ3) is 4.12. The minimum atomic E-state index is 0.236. The Balaban J connectivity index is 2.20. The molecule has 19 heavy (non-hydrogen) atoms. The van der Waals surface area contributed by atoms with Gasteiger partial charge in [0.1, 0.15) is 0 Å². The topological polar surface area (TPSA) is 29.3 Å². The molecule has 1 aromatic carbocycles. The summed E-state index contributed by atoms with van der Waals surface area (Å²) in [6, 6.07) is 6.46. The summed E-state index contributed by atoms with van der Waals surface area (Å²) in [7, 11) is 0. The van der Waals surface area contributed by atoms with Crippen LogP contribution in [0.4, 0.5) is 5.69 Å². The maximum atomic E-state index is 6.18. The van der Waals surface area contributed by atoms with Gasteiger partial charge in [0.15, 0.2) is 0 Å². The molecule has 1 fully saturated rings. The Labute approximate surface area is 121 Å². The van der Waals surface area contributed by atoms with Crippen molar-refractivity contribution in [2.24, 2.45) is 11.7 Å². The summed E-state index contributed by atoms with van der Waals surface area (Å²) in [6.07, 6.45) is 4.70. The van der Waals surface area contributed by atoms with Crippen LogP contribution in [-0.4, -0.2) is 19.1 Å². The van der Waals surface area contributed by atoms with E-state index in [0.29, 0.717) is 0 Å². The Kier molecular flexibility index (Phi) is 5.12. The second-order valence-corrected chi connectivity index (χ2v) is 6.06. The van der Waals surface area contributed by atoms with Gasteiger partial charge in [0, 0.05) is 29.8 Å². The van der Waals surface area contributed by atoms with Crippen LogP contribution in [0.25, 0.3) is 0 Å². The molecule has 1 saturated carbocycles. The maximum absolute atomic E-state index is 6.18. The van der Waals surface area contributed by atoms with Crippen LogP contribution < -0.4 is 10.6 Å². The average Bonchev–Trinajstić information content (AvgIpc) is 3.22. The molecule has 0 bridgehead atoms.